The smallest absolute Gasteiger partial charge is 0.0591 e. The van der Waals surface area contributed by atoms with Crippen LogP contribution in [0.2, 0.25) is 0 Å². The maximum atomic E-state index is 5.42. The van der Waals surface area contributed by atoms with E-state index in [2.05, 4.69) is 25.1 Å². The van der Waals surface area contributed by atoms with Gasteiger partial charge in [-0.15, -0.1) is 18.2 Å². The van der Waals surface area contributed by atoms with Crippen LogP contribution in [0.25, 0.3) is 0 Å². The molecule has 0 unspecified atom stereocenters. The molecule has 0 saturated heterocycles. The van der Waals surface area contributed by atoms with Crippen LogP contribution in [-0.4, -0.2) is 37.8 Å². The molecule has 0 rings (SSSR count). The quantitative estimate of drug-likeness (QED) is 0.466. The van der Waals surface area contributed by atoms with Gasteiger partial charge in [0.15, 0.2) is 0 Å². The zero-order valence-electron chi connectivity index (χ0n) is 9.21. The second-order valence-electron chi connectivity index (χ2n) is 3.48. The largest absolute Gasteiger partial charge is 0.380 e. The summed E-state index contributed by atoms with van der Waals surface area (Å²) in [6.07, 6.45) is 5.13. The molecule has 0 saturated carbocycles. The molecule has 0 aliphatic heterocycles. The van der Waals surface area contributed by atoms with Gasteiger partial charge in [0.25, 0.3) is 0 Å². The van der Waals surface area contributed by atoms with Crippen molar-refractivity contribution in [2.75, 3.05) is 37.8 Å². The third-order valence-corrected chi connectivity index (χ3v) is 2.35. The number of rotatable bonds is 9. The first kappa shape index (κ1) is 13.8. The standard InChI is InChI=1S/C11H21NOS/c1-4-8-14-9-6-12-5-7-13-10-11(2)3/h1,11-12H,5-10H2,2-3H3. The van der Waals surface area contributed by atoms with Gasteiger partial charge in [0.2, 0.25) is 0 Å². The van der Waals surface area contributed by atoms with Crippen molar-refractivity contribution in [2.45, 2.75) is 13.8 Å². The van der Waals surface area contributed by atoms with Crippen molar-refractivity contribution in [1.29, 1.82) is 0 Å². The van der Waals surface area contributed by atoms with E-state index >= 15 is 0 Å². The Morgan fingerprint density at radius 1 is 1.43 bits per heavy atom. The summed E-state index contributed by atoms with van der Waals surface area (Å²) in [5, 5.41) is 3.30. The van der Waals surface area contributed by atoms with E-state index in [9.17, 15) is 0 Å². The van der Waals surface area contributed by atoms with E-state index in [1.165, 1.54) is 0 Å². The van der Waals surface area contributed by atoms with Gasteiger partial charge in [-0.2, -0.15) is 0 Å². The lowest BCUT2D eigenvalue weighted by Crippen LogP contribution is -2.23. The lowest BCUT2D eigenvalue weighted by Gasteiger charge is -2.07. The number of hydrogen-bond donors (Lipinski definition) is 1. The van der Waals surface area contributed by atoms with Gasteiger partial charge in [-0.3, -0.25) is 0 Å². The van der Waals surface area contributed by atoms with E-state index in [-0.39, 0.29) is 0 Å². The summed E-state index contributed by atoms with van der Waals surface area (Å²) in [6, 6.07) is 0. The predicted octanol–water partition coefficient (Wildman–Crippen LogP) is 1.61. The summed E-state index contributed by atoms with van der Waals surface area (Å²) in [5.74, 6) is 5.12. The number of nitrogens with one attached hydrogen (secondary N) is 1. The van der Waals surface area contributed by atoms with Crippen LogP contribution < -0.4 is 5.32 Å². The van der Waals surface area contributed by atoms with Gasteiger partial charge in [-0.1, -0.05) is 19.8 Å². The van der Waals surface area contributed by atoms with Crippen molar-refractivity contribution in [3.63, 3.8) is 0 Å². The molecular weight excluding hydrogens is 194 g/mol. The Labute approximate surface area is 92.2 Å². The Balaban J connectivity index is 2.89. The Hall–Kier alpha value is -0.170. The van der Waals surface area contributed by atoms with Gasteiger partial charge in [0.05, 0.1) is 12.4 Å². The molecule has 0 aromatic heterocycles. The molecule has 0 aromatic carbocycles. The summed E-state index contributed by atoms with van der Waals surface area (Å²) in [5.41, 5.74) is 0. The van der Waals surface area contributed by atoms with Crippen LogP contribution in [0.4, 0.5) is 0 Å². The van der Waals surface area contributed by atoms with Crippen molar-refractivity contribution < 1.29 is 4.74 Å². The fraction of sp³-hybridized carbons (Fsp3) is 0.818. The molecule has 3 heteroatoms. The minimum absolute atomic E-state index is 0.626. The summed E-state index contributed by atoms with van der Waals surface area (Å²) in [4.78, 5) is 0. The van der Waals surface area contributed by atoms with Crippen LogP contribution in [0.1, 0.15) is 13.8 Å². The van der Waals surface area contributed by atoms with Crippen molar-refractivity contribution in [3.8, 4) is 12.3 Å². The molecule has 0 bridgehead atoms. The molecule has 0 heterocycles. The number of hydrogen-bond acceptors (Lipinski definition) is 3. The lowest BCUT2D eigenvalue weighted by molar-refractivity contribution is 0.112. The minimum atomic E-state index is 0.626. The minimum Gasteiger partial charge on any atom is -0.380 e. The highest BCUT2D eigenvalue weighted by molar-refractivity contribution is 7.99. The van der Waals surface area contributed by atoms with Crippen LogP contribution in [0.5, 0.6) is 0 Å². The molecule has 0 aliphatic rings. The second kappa shape index (κ2) is 10.9. The first-order valence-electron chi connectivity index (χ1n) is 5.07. The Morgan fingerprint density at radius 2 is 2.21 bits per heavy atom. The first-order chi connectivity index (χ1) is 6.77. The SMILES string of the molecule is C#CCSCCNCCOCC(C)C. The van der Waals surface area contributed by atoms with Gasteiger partial charge in [0.1, 0.15) is 0 Å². The van der Waals surface area contributed by atoms with E-state index in [0.29, 0.717) is 5.92 Å². The van der Waals surface area contributed by atoms with E-state index in [0.717, 1.165) is 37.8 Å². The normalized spacial score (nSPS) is 10.4. The molecule has 82 valence electrons. The maximum Gasteiger partial charge on any atom is 0.0591 e. The van der Waals surface area contributed by atoms with Crippen molar-refractivity contribution in [2.24, 2.45) is 5.92 Å². The third-order valence-electron chi connectivity index (χ3n) is 1.48. The van der Waals surface area contributed by atoms with Crippen molar-refractivity contribution in [3.05, 3.63) is 0 Å². The van der Waals surface area contributed by atoms with Crippen LogP contribution in [0.15, 0.2) is 0 Å². The molecule has 0 atom stereocenters. The maximum absolute atomic E-state index is 5.42. The topological polar surface area (TPSA) is 21.3 Å². The molecule has 14 heavy (non-hydrogen) atoms. The summed E-state index contributed by atoms with van der Waals surface area (Å²) < 4.78 is 5.42. The second-order valence-corrected chi connectivity index (χ2v) is 4.58. The average Bonchev–Trinajstić information content (AvgIpc) is 2.15. The van der Waals surface area contributed by atoms with Gasteiger partial charge in [0, 0.05) is 25.4 Å². The molecule has 1 N–H and O–H groups in total. The van der Waals surface area contributed by atoms with Gasteiger partial charge in [-0.25, -0.2) is 0 Å². The van der Waals surface area contributed by atoms with Crippen LogP contribution in [-0.2, 0) is 4.74 Å². The van der Waals surface area contributed by atoms with Gasteiger partial charge < -0.3 is 10.1 Å². The molecule has 2 nitrogen and oxygen atoms in total. The average molecular weight is 215 g/mol. The van der Waals surface area contributed by atoms with Crippen molar-refractivity contribution >= 4 is 11.8 Å². The van der Waals surface area contributed by atoms with E-state index in [4.69, 9.17) is 11.2 Å². The van der Waals surface area contributed by atoms with Gasteiger partial charge >= 0.3 is 0 Å². The summed E-state index contributed by atoms with van der Waals surface area (Å²) >= 11 is 1.78. The molecule has 0 amide bonds. The number of ether oxygens (including phenoxy) is 1. The molecule has 0 fully saturated rings. The molecule has 0 aliphatic carbocycles. The fourth-order valence-electron chi connectivity index (χ4n) is 0.864. The molecule has 0 radical (unpaired) electrons. The number of terminal acetylenes is 1. The fourth-order valence-corrected chi connectivity index (χ4v) is 1.41. The highest BCUT2D eigenvalue weighted by Crippen LogP contribution is 1.95. The van der Waals surface area contributed by atoms with Crippen LogP contribution in [0, 0.1) is 18.3 Å². The lowest BCUT2D eigenvalue weighted by atomic mass is 10.2. The van der Waals surface area contributed by atoms with E-state index in [1.807, 2.05) is 0 Å². The zero-order valence-corrected chi connectivity index (χ0v) is 10.0. The first-order valence-corrected chi connectivity index (χ1v) is 6.22. The molecule has 0 aromatic rings. The Bertz CT molecular complexity index is 154. The Kier molecular flexibility index (Phi) is 10.8. The van der Waals surface area contributed by atoms with E-state index in [1.54, 1.807) is 11.8 Å². The highest BCUT2D eigenvalue weighted by atomic mass is 32.2. The van der Waals surface area contributed by atoms with Gasteiger partial charge in [-0.05, 0) is 5.92 Å². The third kappa shape index (κ3) is 11.8. The summed E-state index contributed by atoms with van der Waals surface area (Å²) in [7, 11) is 0. The van der Waals surface area contributed by atoms with E-state index < -0.39 is 0 Å². The van der Waals surface area contributed by atoms with Crippen molar-refractivity contribution in [1.82, 2.24) is 5.32 Å². The van der Waals surface area contributed by atoms with Crippen LogP contribution >= 0.6 is 11.8 Å². The monoisotopic (exact) mass is 215 g/mol. The molecule has 0 spiro atoms. The van der Waals surface area contributed by atoms with Crippen LogP contribution in [0.3, 0.4) is 0 Å². The summed E-state index contributed by atoms with van der Waals surface area (Å²) in [6.45, 7) is 7.92. The highest BCUT2D eigenvalue weighted by Gasteiger charge is 1.93. The Morgan fingerprint density at radius 3 is 2.86 bits per heavy atom. The zero-order chi connectivity index (χ0) is 10.6. The predicted molar refractivity (Wildman–Crippen MR) is 64.7 cm³/mol. The number of thioether (sulfide) groups is 1. The molecular formula is C11H21NOS.